The van der Waals surface area contributed by atoms with E-state index >= 15 is 0 Å². The second kappa shape index (κ2) is 23.9. The number of azo groups is 1. The van der Waals surface area contributed by atoms with Gasteiger partial charge in [0.05, 0.1) is 112 Å². The van der Waals surface area contributed by atoms with Crippen LogP contribution >= 0.6 is 11.3 Å². The molecule has 0 fully saturated rings. The van der Waals surface area contributed by atoms with Crippen molar-refractivity contribution in [1.29, 1.82) is 5.26 Å². The van der Waals surface area contributed by atoms with Gasteiger partial charge in [0, 0.05) is 18.8 Å². The lowest BCUT2D eigenvalue weighted by molar-refractivity contribution is -0.870. The maximum Gasteiger partial charge on any atom is 0.229 e. The fraction of sp³-hybridized carbons (Fsp3) is 0.478. The Morgan fingerprint density at radius 1 is 0.695 bits per heavy atom. The van der Waals surface area contributed by atoms with Crippen LogP contribution in [0.3, 0.4) is 0 Å². The summed E-state index contributed by atoms with van der Waals surface area (Å²) in [7, 11) is 12.9. The van der Waals surface area contributed by atoms with Crippen molar-refractivity contribution < 1.29 is 32.7 Å². The van der Waals surface area contributed by atoms with Gasteiger partial charge in [-0.25, -0.2) is 4.85 Å². The molecule has 0 radical (unpaired) electrons. The highest BCUT2D eigenvalue weighted by Crippen LogP contribution is 2.42. The Kier molecular flexibility index (Phi) is 19.1. The average Bonchev–Trinajstić information content (AvgIpc) is 3.52. The highest BCUT2D eigenvalue weighted by atomic mass is 32.1. The highest BCUT2D eigenvalue weighted by molar-refractivity contribution is 7.17. The van der Waals surface area contributed by atoms with Gasteiger partial charge in [-0.1, -0.05) is 60.7 Å². The standard InChI is InChI=1S/C46H63N7O5S/c1-36-32-40(20-21-41(36)49-50-46-45(48-3)37(2)44(33-47)59-46)51(34-42(38-16-12-10-13-17-38)57-30-28-55-25-23-53(7,8)9)35-43(39-18-14-11-15-19-39)58-31-29-56-27-26-54-24-22-52(4,5)6/h10-21,32,42-43H,22-31,34-35H2,1-2,4-9H3/q+2/b50-49+. The SMILES string of the molecule is [C-]#[N+]c1c(/N=N/c2ccc(N(CC(OCCOCCOCC[N+](C)(C)C)c3ccccc3)CC(OCCOCC[N+](C)(C)C)c3ccccc3)cc2C)sc(C#N)c1C. The number of quaternary nitrogens is 2. The molecule has 0 spiro atoms. The molecule has 4 rings (SSSR count). The number of rotatable bonds is 26. The predicted octanol–water partition coefficient (Wildman–Crippen LogP) is 8.99. The molecule has 3 aromatic carbocycles. The van der Waals surface area contributed by atoms with Gasteiger partial charge in [0.1, 0.15) is 36.4 Å². The second-order valence-electron chi connectivity index (χ2n) is 16.4. The molecular weight excluding hydrogens is 763 g/mol. The lowest BCUT2D eigenvalue weighted by Crippen LogP contribution is -2.37. The molecule has 0 amide bonds. The van der Waals surface area contributed by atoms with Crippen molar-refractivity contribution in [3.63, 3.8) is 0 Å². The Morgan fingerprint density at radius 3 is 1.64 bits per heavy atom. The van der Waals surface area contributed by atoms with Crippen LogP contribution < -0.4 is 4.90 Å². The maximum atomic E-state index is 9.52. The zero-order valence-electron chi connectivity index (χ0n) is 36.2. The van der Waals surface area contributed by atoms with Crippen molar-refractivity contribution in [2.24, 2.45) is 10.2 Å². The largest absolute Gasteiger partial charge is 0.377 e. The number of ether oxygens (including phenoxy) is 5. The molecular formula is C46H63N7O5S+2. The molecule has 0 aliphatic rings. The third-order valence-corrected chi connectivity index (χ3v) is 10.6. The monoisotopic (exact) mass is 825 g/mol. The number of benzene rings is 3. The number of hydrogen-bond donors (Lipinski definition) is 0. The molecule has 0 N–H and O–H groups in total. The van der Waals surface area contributed by atoms with Crippen molar-refractivity contribution in [1.82, 2.24) is 0 Å². The fourth-order valence-electron chi connectivity index (χ4n) is 5.97. The van der Waals surface area contributed by atoms with Gasteiger partial charge in [0.2, 0.25) is 5.69 Å². The number of aryl methyl sites for hydroxylation is 1. The molecule has 1 heterocycles. The number of thiophene rings is 1. The summed E-state index contributed by atoms with van der Waals surface area (Å²) < 4.78 is 32.6. The van der Waals surface area contributed by atoms with E-state index in [4.69, 9.17) is 30.3 Å². The van der Waals surface area contributed by atoms with Gasteiger partial charge in [-0.3, -0.25) is 0 Å². The summed E-state index contributed by atoms with van der Waals surface area (Å²) in [5.74, 6) is 0. The first kappa shape index (κ1) is 47.1. The first-order valence-corrected chi connectivity index (χ1v) is 20.9. The van der Waals surface area contributed by atoms with Crippen LogP contribution in [0.2, 0.25) is 0 Å². The van der Waals surface area contributed by atoms with Crippen LogP contribution in [0, 0.1) is 31.8 Å². The quantitative estimate of drug-likeness (QED) is 0.0270. The van der Waals surface area contributed by atoms with E-state index in [0.717, 1.165) is 44.4 Å². The van der Waals surface area contributed by atoms with Gasteiger partial charge in [-0.15, -0.1) is 11.3 Å². The molecule has 4 aromatic rings. The van der Waals surface area contributed by atoms with E-state index in [2.05, 4.69) is 98.7 Å². The molecule has 0 aliphatic heterocycles. The van der Waals surface area contributed by atoms with Crippen LogP contribution in [-0.4, -0.2) is 130 Å². The minimum absolute atomic E-state index is 0.266. The van der Waals surface area contributed by atoms with Crippen LogP contribution in [0.4, 0.5) is 22.1 Å². The van der Waals surface area contributed by atoms with Crippen LogP contribution in [0.15, 0.2) is 89.1 Å². The summed E-state index contributed by atoms with van der Waals surface area (Å²) >= 11 is 1.18. The average molecular weight is 826 g/mol. The summed E-state index contributed by atoms with van der Waals surface area (Å²) in [5, 5.41) is 18.9. The van der Waals surface area contributed by atoms with Gasteiger partial charge < -0.3 is 37.6 Å². The Bertz CT molecular complexity index is 1960. The summed E-state index contributed by atoms with van der Waals surface area (Å²) in [6, 6.07) is 28.8. The van der Waals surface area contributed by atoms with E-state index < -0.39 is 0 Å². The van der Waals surface area contributed by atoms with E-state index in [1.807, 2.05) is 55.5 Å². The van der Waals surface area contributed by atoms with E-state index in [9.17, 15) is 5.26 Å². The molecule has 12 nitrogen and oxygen atoms in total. The zero-order chi connectivity index (χ0) is 42.7. The number of likely N-dealkylation sites (N-methyl/N-ethyl adjacent to an activating group) is 2. The highest BCUT2D eigenvalue weighted by Gasteiger charge is 2.24. The van der Waals surface area contributed by atoms with Gasteiger partial charge in [0.25, 0.3) is 0 Å². The zero-order valence-corrected chi connectivity index (χ0v) is 37.0. The van der Waals surface area contributed by atoms with Crippen molar-refractivity contribution in [3.05, 3.63) is 117 Å². The normalized spacial score (nSPS) is 13.0. The molecule has 0 aliphatic carbocycles. The van der Waals surface area contributed by atoms with Gasteiger partial charge in [0.15, 0.2) is 0 Å². The molecule has 1 aromatic heterocycles. The van der Waals surface area contributed by atoms with Crippen molar-refractivity contribution >= 4 is 33.4 Å². The first-order chi connectivity index (χ1) is 28.3. The molecule has 13 heteroatoms. The fourth-order valence-corrected chi connectivity index (χ4v) is 6.84. The van der Waals surface area contributed by atoms with Crippen molar-refractivity contribution in [2.45, 2.75) is 26.1 Å². The minimum Gasteiger partial charge on any atom is -0.377 e. The van der Waals surface area contributed by atoms with Crippen LogP contribution in [0.1, 0.15) is 39.3 Å². The molecule has 2 unspecified atom stereocenters. The Morgan fingerprint density at radius 2 is 1.19 bits per heavy atom. The van der Waals surface area contributed by atoms with Gasteiger partial charge in [-0.2, -0.15) is 15.5 Å². The topological polar surface area (TPSA) is 102 Å². The first-order valence-electron chi connectivity index (χ1n) is 20.1. The summed E-state index contributed by atoms with van der Waals surface area (Å²) in [6.45, 7) is 18.5. The maximum absolute atomic E-state index is 9.52. The van der Waals surface area contributed by atoms with Crippen LogP contribution in [0.25, 0.3) is 4.85 Å². The van der Waals surface area contributed by atoms with E-state index in [0.29, 0.717) is 92.8 Å². The summed E-state index contributed by atoms with van der Waals surface area (Å²) in [6.07, 6.45) is -0.544. The second-order valence-corrected chi connectivity index (χ2v) is 17.4. The number of nitriles is 1. The number of hydrogen-bond acceptors (Lipinski definition) is 10. The Balaban J connectivity index is 1.57. The summed E-state index contributed by atoms with van der Waals surface area (Å²) in [5.41, 5.74) is 5.68. The van der Waals surface area contributed by atoms with Crippen LogP contribution in [0.5, 0.6) is 0 Å². The molecule has 59 heavy (non-hydrogen) atoms. The molecule has 2 atom stereocenters. The predicted molar refractivity (Wildman–Crippen MR) is 236 cm³/mol. The molecule has 0 bridgehead atoms. The molecule has 316 valence electrons. The van der Waals surface area contributed by atoms with Crippen molar-refractivity contribution in [2.75, 3.05) is 126 Å². The lowest BCUT2D eigenvalue weighted by atomic mass is 10.1. The minimum atomic E-state index is -0.279. The molecule has 0 saturated carbocycles. The number of anilines is 1. The third-order valence-electron chi connectivity index (χ3n) is 9.50. The lowest BCUT2D eigenvalue weighted by Gasteiger charge is -2.33. The Labute approximate surface area is 356 Å². The molecule has 0 saturated heterocycles. The van der Waals surface area contributed by atoms with E-state index in [-0.39, 0.29) is 12.2 Å². The smallest absolute Gasteiger partial charge is 0.229 e. The van der Waals surface area contributed by atoms with Crippen molar-refractivity contribution in [3.8, 4) is 6.07 Å². The van der Waals surface area contributed by atoms with E-state index in [1.165, 1.54) is 11.3 Å². The number of nitrogens with zero attached hydrogens (tertiary/aromatic N) is 7. The van der Waals surface area contributed by atoms with Crippen LogP contribution in [-0.2, 0) is 23.7 Å². The third kappa shape index (κ3) is 16.6. The van der Waals surface area contributed by atoms with Gasteiger partial charge >= 0.3 is 0 Å². The van der Waals surface area contributed by atoms with E-state index in [1.54, 1.807) is 6.92 Å². The Hall–Kier alpha value is -4.54. The summed E-state index contributed by atoms with van der Waals surface area (Å²) in [4.78, 5) is 6.40. The van der Waals surface area contributed by atoms with Gasteiger partial charge in [-0.05, 0) is 54.3 Å².